The van der Waals surface area contributed by atoms with Crippen LogP contribution in [0.2, 0.25) is 5.15 Å². The lowest BCUT2D eigenvalue weighted by atomic mass is 10.5. The topological polar surface area (TPSA) is 36.7 Å². The monoisotopic (exact) mass is 226 g/mol. The molecule has 0 aliphatic rings. The van der Waals surface area contributed by atoms with Crippen molar-refractivity contribution in [2.24, 2.45) is 0 Å². The standard InChI is InChI=1S/C8H3ClN2S2/c9-7-6(4-10)13-8(11-7)5-2-1-3-12-5/h1-3H. The van der Waals surface area contributed by atoms with E-state index in [1.165, 1.54) is 11.3 Å². The molecule has 64 valence electrons. The third kappa shape index (κ3) is 1.59. The van der Waals surface area contributed by atoms with Crippen molar-refractivity contribution < 1.29 is 0 Å². The van der Waals surface area contributed by atoms with E-state index in [0.717, 1.165) is 9.88 Å². The number of hydrogen-bond donors (Lipinski definition) is 0. The first-order valence-corrected chi connectivity index (χ1v) is 5.49. The summed E-state index contributed by atoms with van der Waals surface area (Å²) in [5.41, 5.74) is 0. The summed E-state index contributed by atoms with van der Waals surface area (Å²) in [6.45, 7) is 0. The van der Waals surface area contributed by atoms with Gasteiger partial charge in [-0.15, -0.1) is 22.7 Å². The molecule has 0 atom stereocenters. The van der Waals surface area contributed by atoms with Gasteiger partial charge in [0.25, 0.3) is 0 Å². The zero-order chi connectivity index (χ0) is 9.26. The Balaban J connectivity index is 2.50. The fourth-order valence-electron chi connectivity index (χ4n) is 0.876. The Morgan fingerprint density at radius 2 is 2.38 bits per heavy atom. The van der Waals surface area contributed by atoms with Crippen LogP contribution in [0.4, 0.5) is 0 Å². The quantitative estimate of drug-likeness (QED) is 0.747. The minimum absolute atomic E-state index is 0.302. The fourth-order valence-corrected chi connectivity index (χ4v) is 2.72. The molecule has 0 aliphatic carbocycles. The van der Waals surface area contributed by atoms with Crippen LogP contribution in [-0.2, 0) is 0 Å². The average Bonchev–Trinajstić information content (AvgIpc) is 2.71. The van der Waals surface area contributed by atoms with Crippen LogP contribution in [0.25, 0.3) is 9.88 Å². The molecule has 2 aromatic rings. The highest BCUT2D eigenvalue weighted by Gasteiger charge is 2.10. The maximum Gasteiger partial charge on any atom is 0.158 e. The van der Waals surface area contributed by atoms with Crippen LogP contribution in [0.1, 0.15) is 4.88 Å². The lowest BCUT2D eigenvalue weighted by Gasteiger charge is -1.83. The van der Waals surface area contributed by atoms with Gasteiger partial charge in [0, 0.05) is 0 Å². The van der Waals surface area contributed by atoms with Gasteiger partial charge in [0.2, 0.25) is 0 Å². The third-order valence-electron chi connectivity index (χ3n) is 1.42. The zero-order valence-corrected chi connectivity index (χ0v) is 8.71. The van der Waals surface area contributed by atoms with Crippen LogP contribution in [-0.4, -0.2) is 4.98 Å². The van der Waals surface area contributed by atoms with Gasteiger partial charge in [-0.05, 0) is 11.4 Å². The predicted molar refractivity (Wildman–Crippen MR) is 55.2 cm³/mol. The number of aromatic nitrogens is 1. The van der Waals surface area contributed by atoms with Gasteiger partial charge in [-0.1, -0.05) is 17.7 Å². The molecule has 0 amide bonds. The van der Waals surface area contributed by atoms with Crippen LogP contribution in [0.15, 0.2) is 17.5 Å². The molecule has 0 N–H and O–H groups in total. The Hall–Kier alpha value is -0.890. The average molecular weight is 227 g/mol. The minimum Gasteiger partial charge on any atom is -0.222 e. The SMILES string of the molecule is N#Cc1sc(-c2cccs2)nc1Cl. The van der Waals surface area contributed by atoms with Crippen molar-refractivity contribution in [2.45, 2.75) is 0 Å². The molecule has 2 heterocycles. The Labute approximate surface area is 88.0 Å². The van der Waals surface area contributed by atoms with Gasteiger partial charge in [-0.3, -0.25) is 0 Å². The smallest absolute Gasteiger partial charge is 0.158 e. The molecule has 0 saturated heterocycles. The lowest BCUT2D eigenvalue weighted by molar-refractivity contribution is 1.41. The first-order chi connectivity index (χ1) is 6.31. The van der Waals surface area contributed by atoms with Gasteiger partial charge in [0.05, 0.1) is 4.88 Å². The third-order valence-corrected chi connectivity index (χ3v) is 3.80. The van der Waals surface area contributed by atoms with Crippen molar-refractivity contribution in [3.8, 4) is 16.0 Å². The summed E-state index contributed by atoms with van der Waals surface area (Å²) in [6, 6.07) is 5.91. The normalized spacial score (nSPS) is 9.85. The minimum atomic E-state index is 0.302. The van der Waals surface area contributed by atoms with E-state index in [4.69, 9.17) is 16.9 Å². The van der Waals surface area contributed by atoms with E-state index in [1.54, 1.807) is 11.3 Å². The van der Waals surface area contributed by atoms with Gasteiger partial charge in [0.15, 0.2) is 5.15 Å². The molecule has 0 aromatic carbocycles. The highest BCUT2D eigenvalue weighted by Crippen LogP contribution is 2.32. The molecule has 0 unspecified atom stereocenters. The van der Waals surface area contributed by atoms with Gasteiger partial charge in [0.1, 0.15) is 16.0 Å². The van der Waals surface area contributed by atoms with Crippen molar-refractivity contribution >= 4 is 34.3 Å². The molecular weight excluding hydrogens is 224 g/mol. The predicted octanol–water partition coefficient (Wildman–Crippen LogP) is 3.40. The van der Waals surface area contributed by atoms with Crippen LogP contribution >= 0.6 is 34.3 Å². The molecule has 0 radical (unpaired) electrons. The molecule has 0 bridgehead atoms. The van der Waals surface area contributed by atoms with E-state index >= 15 is 0 Å². The molecule has 0 fully saturated rings. The van der Waals surface area contributed by atoms with Crippen molar-refractivity contribution in [3.63, 3.8) is 0 Å². The summed E-state index contributed by atoms with van der Waals surface area (Å²) in [6.07, 6.45) is 0. The van der Waals surface area contributed by atoms with E-state index in [1.807, 2.05) is 23.6 Å². The number of thiazole rings is 1. The highest BCUT2D eigenvalue weighted by molar-refractivity contribution is 7.21. The van der Waals surface area contributed by atoms with E-state index in [0.29, 0.717) is 10.0 Å². The zero-order valence-electron chi connectivity index (χ0n) is 6.32. The molecule has 0 spiro atoms. The molecular formula is C8H3ClN2S2. The summed E-state index contributed by atoms with van der Waals surface area (Å²) in [5, 5.41) is 11.8. The second-order valence-corrected chi connectivity index (χ2v) is 4.53. The van der Waals surface area contributed by atoms with E-state index in [2.05, 4.69) is 4.98 Å². The van der Waals surface area contributed by atoms with Crippen molar-refractivity contribution in [1.29, 1.82) is 5.26 Å². The first kappa shape index (κ1) is 8.70. The summed E-state index contributed by atoms with van der Waals surface area (Å²) in [4.78, 5) is 5.62. The lowest BCUT2D eigenvalue weighted by Crippen LogP contribution is -1.67. The summed E-state index contributed by atoms with van der Waals surface area (Å²) < 4.78 is 0. The fraction of sp³-hybridized carbons (Fsp3) is 0. The summed E-state index contributed by atoms with van der Waals surface area (Å²) in [7, 11) is 0. The first-order valence-electron chi connectivity index (χ1n) is 3.41. The number of nitrogens with zero attached hydrogens (tertiary/aromatic N) is 2. The molecule has 2 nitrogen and oxygen atoms in total. The van der Waals surface area contributed by atoms with Gasteiger partial charge >= 0.3 is 0 Å². The Kier molecular flexibility index (Phi) is 2.32. The maximum absolute atomic E-state index is 8.67. The van der Waals surface area contributed by atoms with E-state index < -0.39 is 0 Å². The Morgan fingerprint density at radius 3 is 2.92 bits per heavy atom. The van der Waals surface area contributed by atoms with Crippen molar-refractivity contribution in [1.82, 2.24) is 4.98 Å². The van der Waals surface area contributed by atoms with Crippen molar-refractivity contribution in [2.75, 3.05) is 0 Å². The number of nitriles is 1. The van der Waals surface area contributed by atoms with Gasteiger partial charge in [-0.25, -0.2) is 4.98 Å². The van der Waals surface area contributed by atoms with Gasteiger partial charge in [-0.2, -0.15) is 5.26 Å². The molecule has 13 heavy (non-hydrogen) atoms. The van der Waals surface area contributed by atoms with E-state index in [-0.39, 0.29) is 0 Å². The number of hydrogen-bond acceptors (Lipinski definition) is 4. The number of rotatable bonds is 1. The largest absolute Gasteiger partial charge is 0.222 e. The molecule has 2 rings (SSSR count). The van der Waals surface area contributed by atoms with Crippen LogP contribution < -0.4 is 0 Å². The van der Waals surface area contributed by atoms with Crippen LogP contribution in [0.3, 0.4) is 0 Å². The number of halogens is 1. The summed E-state index contributed by atoms with van der Waals surface area (Å²) >= 11 is 8.66. The molecule has 0 saturated carbocycles. The molecule has 5 heteroatoms. The maximum atomic E-state index is 8.67. The highest BCUT2D eigenvalue weighted by atomic mass is 35.5. The second-order valence-electron chi connectivity index (χ2n) is 2.23. The molecule has 0 aliphatic heterocycles. The van der Waals surface area contributed by atoms with Crippen LogP contribution in [0, 0.1) is 11.3 Å². The Morgan fingerprint density at radius 1 is 1.54 bits per heavy atom. The summed E-state index contributed by atoms with van der Waals surface area (Å²) in [5.74, 6) is 0. The Bertz CT molecular complexity index is 453. The second kappa shape index (κ2) is 3.46. The van der Waals surface area contributed by atoms with Crippen molar-refractivity contribution in [3.05, 3.63) is 27.5 Å². The van der Waals surface area contributed by atoms with Crippen LogP contribution in [0.5, 0.6) is 0 Å². The van der Waals surface area contributed by atoms with Gasteiger partial charge < -0.3 is 0 Å². The number of thiophene rings is 1. The van der Waals surface area contributed by atoms with E-state index in [9.17, 15) is 0 Å². The molecule has 2 aromatic heterocycles.